The molecule has 19 heavy (non-hydrogen) atoms. The van der Waals surface area contributed by atoms with Crippen molar-refractivity contribution in [2.75, 3.05) is 19.8 Å². The van der Waals surface area contributed by atoms with Crippen molar-refractivity contribution in [1.82, 2.24) is 5.32 Å². The zero-order valence-corrected chi connectivity index (χ0v) is 13.5. The third-order valence-electron chi connectivity index (χ3n) is 2.81. The van der Waals surface area contributed by atoms with E-state index in [1.807, 2.05) is 12.1 Å². The minimum absolute atomic E-state index is 0.210. The Labute approximate surface area is 123 Å². The van der Waals surface area contributed by atoms with Gasteiger partial charge in [-0.05, 0) is 59.4 Å². The first-order valence-corrected chi connectivity index (χ1v) is 7.56. The fourth-order valence-corrected chi connectivity index (χ4v) is 2.11. The van der Waals surface area contributed by atoms with E-state index in [9.17, 15) is 4.39 Å². The Kier molecular flexibility index (Phi) is 7.57. The minimum atomic E-state index is -0.224. The Morgan fingerprint density at radius 3 is 2.68 bits per heavy atom. The molecule has 0 spiro atoms. The Morgan fingerprint density at radius 2 is 2.05 bits per heavy atom. The Morgan fingerprint density at radius 1 is 1.32 bits per heavy atom. The highest BCUT2D eigenvalue weighted by atomic mass is 79.9. The summed E-state index contributed by atoms with van der Waals surface area (Å²) in [4.78, 5) is 0. The molecule has 0 fully saturated rings. The predicted octanol–water partition coefficient (Wildman–Crippen LogP) is 4.30. The SMILES string of the molecule is CC(C)COCCCNC(C)c1ccc(F)c(Br)c1. The number of ether oxygens (including phenoxy) is 1. The molecule has 0 aliphatic rings. The van der Waals surface area contributed by atoms with Crippen molar-refractivity contribution in [3.63, 3.8) is 0 Å². The lowest BCUT2D eigenvalue weighted by Crippen LogP contribution is -2.21. The Bertz CT molecular complexity index is 384. The largest absolute Gasteiger partial charge is 0.381 e. The Hall–Kier alpha value is -0.450. The maximum atomic E-state index is 13.1. The van der Waals surface area contributed by atoms with Crippen molar-refractivity contribution < 1.29 is 9.13 Å². The molecule has 0 bridgehead atoms. The third kappa shape index (κ3) is 6.50. The van der Waals surface area contributed by atoms with Crippen LogP contribution in [0.3, 0.4) is 0 Å². The van der Waals surface area contributed by atoms with E-state index in [-0.39, 0.29) is 11.9 Å². The molecule has 0 radical (unpaired) electrons. The minimum Gasteiger partial charge on any atom is -0.381 e. The number of nitrogens with one attached hydrogen (secondary N) is 1. The maximum Gasteiger partial charge on any atom is 0.137 e. The molecule has 0 aromatic heterocycles. The first-order valence-electron chi connectivity index (χ1n) is 6.76. The summed E-state index contributed by atoms with van der Waals surface area (Å²) in [5, 5.41) is 3.41. The molecule has 0 aliphatic carbocycles. The van der Waals surface area contributed by atoms with Gasteiger partial charge in [-0.25, -0.2) is 4.39 Å². The average Bonchev–Trinajstić information content (AvgIpc) is 2.36. The van der Waals surface area contributed by atoms with Crippen molar-refractivity contribution in [2.24, 2.45) is 5.92 Å². The molecule has 1 atom stereocenters. The lowest BCUT2D eigenvalue weighted by Gasteiger charge is -2.15. The molecule has 0 amide bonds. The third-order valence-corrected chi connectivity index (χ3v) is 3.42. The van der Waals surface area contributed by atoms with Gasteiger partial charge < -0.3 is 10.1 Å². The highest BCUT2D eigenvalue weighted by molar-refractivity contribution is 9.10. The van der Waals surface area contributed by atoms with E-state index >= 15 is 0 Å². The van der Waals surface area contributed by atoms with Crippen LogP contribution in [0.2, 0.25) is 0 Å². The van der Waals surface area contributed by atoms with Gasteiger partial charge in [-0.1, -0.05) is 19.9 Å². The fourth-order valence-electron chi connectivity index (χ4n) is 1.71. The van der Waals surface area contributed by atoms with E-state index < -0.39 is 0 Å². The number of benzene rings is 1. The van der Waals surface area contributed by atoms with Gasteiger partial charge in [-0.3, -0.25) is 0 Å². The number of rotatable bonds is 8. The van der Waals surface area contributed by atoms with Crippen molar-refractivity contribution in [2.45, 2.75) is 33.2 Å². The van der Waals surface area contributed by atoms with Crippen molar-refractivity contribution >= 4 is 15.9 Å². The molecule has 1 unspecified atom stereocenters. The summed E-state index contributed by atoms with van der Waals surface area (Å²) >= 11 is 3.21. The van der Waals surface area contributed by atoms with Gasteiger partial charge in [0.2, 0.25) is 0 Å². The molecule has 1 aromatic carbocycles. The second-order valence-electron chi connectivity index (χ2n) is 5.17. The highest BCUT2D eigenvalue weighted by Gasteiger charge is 2.07. The summed E-state index contributed by atoms with van der Waals surface area (Å²) in [5.41, 5.74) is 1.08. The fraction of sp³-hybridized carbons (Fsp3) is 0.600. The monoisotopic (exact) mass is 331 g/mol. The van der Waals surface area contributed by atoms with E-state index in [1.54, 1.807) is 0 Å². The quantitative estimate of drug-likeness (QED) is 0.717. The molecule has 4 heteroatoms. The molecule has 0 saturated heterocycles. The first kappa shape index (κ1) is 16.6. The number of hydrogen-bond donors (Lipinski definition) is 1. The van der Waals surface area contributed by atoms with Crippen LogP contribution in [0.1, 0.15) is 38.8 Å². The summed E-state index contributed by atoms with van der Waals surface area (Å²) < 4.78 is 19.2. The summed E-state index contributed by atoms with van der Waals surface area (Å²) in [6.45, 7) is 8.87. The van der Waals surface area contributed by atoms with E-state index in [2.05, 4.69) is 42.0 Å². The van der Waals surface area contributed by atoms with Gasteiger partial charge >= 0.3 is 0 Å². The number of halogens is 2. The van der Waals surface area contributed by atoms with Gasteiger partial charge in [0.25, 0.3) is 0 Å². The van der Waals surface area contributed by atoms with Crippen molar-refractivity contribution in [3.05, 3.63) is 34.1 Å². The van der Waals surface area contributed by atoms with Gasteiger partial charge in [0.15, 0.2) is 0 Å². The molecule has 0 saturated carbocycles. The summed E-state index contributed by atoms with van der Waals surface area (Å²) in [6.07, 6.45) is 0.986. The van der Waals surface area contributed by atoms with Gasteiger partial charge in [-0.2, -0.15) is 0 Å². The molecule has 0 aliphatic heterocycles. The van der Waals surface area contributed by atoms with E-state index in [1.165, 1.54) is 6.07 Å². The van der Waals surface area contributed by atoms with Crippen molar-refractivity contribution in [3.8, 4) is 0 Å². The maximum absolute atomic E-state index is 13.1. The van der Waals surface area contributed by atoms with Crippen LogP contribution in [0.15, 0.2) is 22.7 Å². The molecule has 0 heterocycles. The Balaban J connectivity index is 2.23. The van der Waals surface area contributed by atoms with Crippen LogP contribution in [-0.4, -0.2) is 19.8 Å². The lowest BCUT2D eigenvalue weighted by atomic mass is 10.1. The normalized spacial score (nSPS) is 12.9. The molecular weight excluding hydrogens is 309 g/mol. The molecule has 1 N–H and O–H groups in total. The average molecular weight is 332 g/mol. The second-order valence-corrected chi connectivity index (χ2v) is 6.03. The van der Waals surface area contributed by atoms with Gasteiger partial charge in [0, 0.05) is 19.3 Å². The van der Waals surface area contributed by atoms with E-state index in [0.717, 1.165) is 31.7 Å². The van der Waals surface area contributed by atoms with Gasteiger partial charge in [0.05, 0.1) is 4.47 Å². The van der Waals surface area contributed by atoms with Crippen LogP contribution in [0.25, 0.3) is 0 Å². The van der Waals surface area contributed by atoms with E-state index in [4.69, 9.17) is 4.74 Å². The zero-order valence-electron chi connectivity index (χ0n) is 11.9. The summed E-state index contributed by atoms with van der Waals surface area (Å²) in [7, 11) is 0. The highest BCUT2D eigenvalue weighted by Crippen LogP contribution is 2.21. The zero-order chi connectivity index (χ0) is 14.3. The molecular formula is C15H23BrFNO. The lowest BCUT2D eigenvalue weighted by molar-refractivity contribution is 0.107. The second kappa shape index (κ2) is 8.67. The summed E-state index contributed by atoms with van der Waals surface area (Å²) in [5.74, 6) is 0.362. The number of hydrogen-bond acceptors (Lipinski definition) is 2. The predicted molar refractivity (Wildman–Crippen MR) is 80.8 cm³/mol. The van der Waals surface area contributed by atoms with Crippen LogP contribution in [0.5, 0.6) is 0 Å². The van der Waals surface area contributed by atoms with Crippen molar-refractivity contribution in [1.29, 1.82) is 0 Å². The molecule has 2 nitrogen and oxygen atoms in total. The summed E-state index contributed by atoms with van der Waals surface area (Å²) in [6, 6.07) is 5.33. The molecule has 108 valence electrons. The standard InChI is InChI=1S/C15H23BrFNO/c1-11(2)10-19-8-4-7-18-12(3)13-5-6-15(17)14(16)9-13/h5-6,9,11-12,18H,4,7-8,10H2,1-3H3. The van der Waals surface area contributed by atoms with Crippen LogP contribution >= 0.6 is 15.9 Å². The van der Waals surface area contributed by atoms with E-state index in [0.29, 0.717) is 10.4 Å². The van der Waals surface area contributed by atoms with Gasteiger partial charge in [-0.15, -0.1) is 0 Å². The van der Waals surface area contributed by atoms with Crippen LogP contribution in [0, 0.1) is 11.7 Å². The first-order chi connectivity index (χ1) is 9.00. The van der Waals surface area contributed by atoms with Gasteiger partial charge in [0.1, 0.15) is 5.82 Å². The molecule has 1 aromatic rings. The smallest absolute Gasteiger partial charge is 0.137 e. The van der Waals surface area contributed by atoms with Crippen LogP contribution in [-0.2, 0) is 4.74 Å². The van der Waals surface area contributed by atoms with Crippen LogP contribution < -0.4 is 5.32 Å². The topological polar surface area (TPSA) is 21.3 Å². The van der Waals surface area contributed by atoms with Crippen LogP contribution in [0.4, 0.5) is 4.39 Å². The molecule has 1 rings (SSSR count).